The second-order valence-corrected chi connectivity index (χ2v) is 2.24. The van der Waals surface area contributed by atoms with Crippen molar-refractivity contribution in [3.8, 4) is 6.07 Å². The summed E-state index contributed by atoms with van der Waals surface area (Å²) in [6.45, 7) is 1.96. The molecule has 0 saturated heterocycles. The minimum Gasteiger partial charge on any atom is -0.192 e. The van der Waals surface area contributed by atoms with E-state index in [1.165, 1.54) is 0 Å². The number of hydrogen-bond acceptors (Lipinski definition) is 1. The molecule has 0 spiro atoms. The molecule has 0 aromatic heterocycles. The van der Waals surface area contributed by atoms with Crippen molar-refractivity contribution < 1.29 is 0 Å². The number of nitrogens with zero attached hydrogens (tertiary/aromatic N) is 1. The standard InChI is InChI=1S/C9H9N/c1-8-5-3-2-4-6-9(8)7-10/h2,4-6H,3H2,1H3. The van der Waals surface area contributed by atoms with Crippen LogP contribution in [0.2, 0.25) is 0 Å². The second kappa shape index (κ2) is 3.03. The summed E-state index contributed by atoms with van der Waals surface area (Å²) in [7, 11) is 0. The van der Waals surface area contributed by atoms with Crippen LogP contribution in [-0.2, 0) is 0 Å². The lowest BCUT2D eigenvalue weighted by molar-refractivity contribution is 1.32. The Balaban J connectivity index is 2.96. The van der Waals surface area contributed by atoms with E-state index in [1.54, 1.807) is 0 Å². The maximum absolute atomic E-state index is 8.59. The molecule has 1 aliphatic carbocycles. The van der Waals surface area contributed by atoms with E-state index in [1.807, 2.05) is 25.2 Å². The first-order valence-corrected chi connectivity index (χ1v) is 3.28. The number of allylic oxidation sites excluding steroid dienone is 6. The van der Waals surface area contributed by atoms with Crippen LogP contribution in [0.25, 0.3) is 0 Å². The Bertz CT molecular complexity index is 248. The van der Waals surface area contributed by atoms with Crippen LogP contribution in [0.3, 0.4) is 0 Å². The van der Waals surface area contributed by atoms with Gasteiger partial charge in [-0.15, -0.1) is 0 Å². The maximum Gasteiger partial charge on any atom is 0.0994 e. The summed E-state index contributed by atoms with van der Waals surface area (Å²) >= 11 is 0. The molecule has 0 saturated carbocycles. The van der Waals surface area contributed by atoms with E-state index in [-0.39, 0.29) is 0 Å². The van der Waals surface area contributed by atoms with Crippen LogP contribution >= 0.6 is 0 Å². The topological polar surface area (TPSA) is 23.8 Å². The van der Waals surface area contributed by atoms with Gasteiger partial charge >= 0.3 is 0 Å². The van der Waals surface area contributed by atoms with Crippen LogP contribution in [0.4, 0.5) is 0 Å². The molecule has 0 amide bonds. The fourth-order valence-corrected chi connectivity index (χ4v) is 0.854. The van der Waals surface area contributed by atoms with Gasteiger partial charge in [-0.1, -0.05) is 18.2 Å². The Morgan fingerprint density at radius 2 is 2.40 bits per heavy atom. The molecular weight excluding hydrogens is 122 g/mol. The molecule has 0 unspecified atom stereocenters. The zero-order valence-electron chi connectivity index (χ0n) is 5.96. The van der Waals surface area contributed by atoms with E-state index in [4.69, 9.17) is 5.26 Å². The van der Waals surface area contributed by atoms with Crippen LogP contribution in [0, 0.1) is 11.3 Å². The van der Waals surface area contributed by atoms with Gasteiger partial charge in [0.15, 0.2) is 0 Å². The Kier molecular flexibility index (Phi) is 2.07. The Morgan fingerprint density at radius 1 is 1.60 bits per heavy atom. The van der Waals surface area contributed by atoms with Crippen molar-refractivity contribution in [2.24, 2.45) is 0 Å². The Morgan fingerprint density at radius 3 is 3.10 bits per heavy atom. The molecule has 10 heavy (non-hydrogen) atoms. The van der Waals surface area contributed by atoms with Gasteiger partial charge < -0.3 is 0 Å². The molecule has 0 atom stereocenters. The number of rotatable bonds is 0. The third-order valence-corrected chi connectivity index (χ3v) is 1.50. The molecule has 50 valence electrons. The van der Waals surface area contributed by atoms with Crippen LogP contribution in [0.15, 0.2) is 35.5 Å². The van der Waals surface area contributed by atoms with E-state index in [2.05, 4.69) is 12.1 Å². The van der Waals surface area contributed by atoms with E-state index < -0.39 is 0 Å². The molecule has 1 nitrogen and oxygen atoms in total. The first-order chi connectivity index (χ1) is 4.84. The molecule has 0 radical (unpaired) electrons. The van der Waals surface area contributed by atoms with Crippen LogP contribution in [-0.4, -0.2) is 0 Å². The predicted molar refractivity (Wildman–Crippen MR) is 41.2 cm³/mol. The molecule has 0 aromatic carbocycles. The van der Waals surface area contributed by atoms with E-state index in [0.29, 0.717) is 0 Å². The van der Waals surface area contributed by atoms with Crippen molar-refractivity contribution in [1.29, 1.82) is 5.26 Å². The number of hydrogen-bond donors (Lipinski definition) is 0. The highest BCUT2D eigenvalue weighted by Crippen LogP contribution is 2.12. The van der Waals surface area contributed by atoms with Crippen LogP contribution < -0.4 is 0 Å². The summed E-state index contributed by atoms with van der Waals surface area (Å²) in [5, 5.41) is 8.59. The van der Waals surface area contributed by atoms with E-state index >= 15 is 0 Å². The SMILES string of the molecule is CC1=CCC=CC=C1C#N. The van der Waals surface area contributed by atoms with Gasteiger partial charge in [-0.05, 0) is 25.0 Å². The summed E-state index contributed by atoms with van der Waals surface area (Å²) in [4.78, 5) is 0. The van der Waals surface area contributed by atoms with Crippen molar-refractivity contribution in [3.05, 3.63) is 35.5 Å². The molecule has 0 aromatic rings. The first kappa shape index (κ1) is 6.82. The lowest BCUT2D eigenvalue weighted by Gasteiger charge is -1.92. The zero-order valence-corrected chi connectivity index (χ0v) is 5.96. The molecule has 0 heterocycles. The summed E-state index contributed by atoms with van der Waals surface area (Å²) in [5.41, 5.74) is 1.85. The Hall–Kier alpha value is -1.29. The van der Waals surface area contributed by atoms with Gasteiger partial charge in [0.1, 0.15) is 0 Å². The van der Waals surface area contributed by atoms with Crippen molar-refractivity contribution in [2.75, 3.05) is 0 Å². The zero-order chi connectivity index (χ0) is 7.40. The molecule has 1 aliphatic rings. The van der Waals surface area contributed by atoms with Gasteiger partial charge in [-0.2, -0.15) is 5.26 Å². The van der Waals surface area contributed by atoms with Crippen molar-refractivity contribution in [2.45, 2.75) is 13.3 Å². The molecule has 0 aliphatic heterocycles. The van der Waals surface area contributed by atoms with Crippen LogP contribution in [0.5, 0.6) is 0 Å². The minimum atomic E-state index is 0.772. The molecule has 1 rings (SSSR count). The first-order valence-electron chi connectivity index (χ1n) is 3.28. The smallest absolute Gasteiger partial charge is 0.0994 e. The maximum atomic E-state index is 8.59. The quantitative estimate of drug-likeness (QED) is 0.495. The highest BCUT2D eigenvalue weighted by atomic mass is 14.2. The molecule has 0 N–H and O–H groups in total. The van der Waals surface area contributed by atoms with Crippen LogP contribution in [0.1, 0.15) is 13.3 Å². The minimum absolute atomic E-state index is 0.772. The number of nitriles is 1. The molecule has 0 bridgehead atoms. The fourth-order valence-electron chi connectivity index (χ4n) is 0.854. The largest absolute Gasteiger partial charge is 0.192 e. The Labute approximate surface area is 61.0 Å². The molecular formula is C9H9N. The highest BCUT2D eigenvalue weighted by molar-refractivity contribution is 5.44. The van der Waals surface area contributed by atoms with Gasteiger partial charge in [0.25, 0.3) is 0 Å². The van der Waals surface area contributed by atoms with Gasteiger partial charge in [0.05, 0.1) is 11.6 Å². The lowest BCUT2D eigenvalue weighted by Crippen LogP contribution is -1.78. The monoisotopic (exact) mass is 131 g/mol. The van der Waals surface area contributed by atoms with Gasteiger partial charge in [0.2, 0.25) is 0 Å². The average molecular weight is 131 g/mol. The summed E-state index contributed by atoms with van der Waals surface area (Å²) in [5.74, 6) is 0. The van der Waals surface area contributed by atoms with Crippen molar-refractivity contribution in [3.63, 3.8) is 0 Å². The highest BCUT2D eigenvalue weighted by Gasteiger charge is 1.97. The molecule has 0 fully saturated rings. The van der Waals surface area contributed by atoms with Gasteiger partial charge in [-0.25, -0.2) is 0 Å². The third kappa shape index (κ3) is 1.35. The van der Waals surface area contributed by atoms with Crippen molar-refractivity contribution >= 4 is 0 Å². The predicted octanol–water partition coefficient (Wildman–Crippen LogP) is 2.34. The second-order valence-electron chi connectivity index (χ2n) is 2.24. The lowest BCUT2D eigenvalue weighted by atomic mass is 10.1. The summed E-state index contributed by atoms with van der Waals surface area (Å²) in [6, 6.07) is 2.14. The van der Waals surface area contributed by atoms with E-state index in [0.717, 1.165) is 17.6 Å². The fraction of sp³-hybridized carbons (Fsp3) is 0.222. The van der Waals surface area contributed by atoms with Crippen molar-refractivity contribution in [1.82, 2.24) is 0 Å². The molecule has 1 heteroatoms. The van der Waals surface area contributed by atoms with Gasteiger partial charge in [0, 0.05) is 0 Å². The average Bonchev–Trinajstić information content (AvgIpc) is 2.13. The summed E-state index contributed by atoms with van der Waals surface area (Å²) < 4.78 is 0. The normalized spacial score (nSPS) is 16.8. The van der Waals surface area contributed by atoms with E-state index in [9.17, 15) is 0 Å². The third-order valence-electron chi connectivity index (χ3n) is 1.50. The summed E-state index contributed by atoms with van der Waals surface area (Å²) in [6.07, 6.45) is 8.80. The van der Waals surface area contributed by atoms with Gasteiger partial charge in [-0.3, -0.25) is 0 Å².